The van der Waals surface area contributed by atoms with E-state index in [2.05, 4.69) is 5.32 Å². The third-order valence-electron chi connectivity index (χ3n) is 3.79. The molecule has 5 nitrogen and oxygen atoms in total. The summed E-state index contributed by atoms with van der Waals surface area (Å²) >= 11 is 5.81. The van der Waals surface area contributed by atoms with Crippen molar-refractivity contribution in [1.29, 1.82) is 0 Å². The summed E-state index contributed by atoms with van der Waals surface area (Å²) in [6.07, 6.45) is 0.302. The zero-order chi connectivity index (χ0) is 16.3. The molecule has 0 aromatic heterocycles. The molecule has 1 saturated heterocycles. The van der Waals surface area contributed by atoms with Crippen molar-refractivity contribution in [3.63, 3.8) is 0 Å². The van der Waals surface area contributed by atoms with Crippen LogP contribution < -0.4 is 15.0 Å². The van der Waals surface area contributed by atoms with Gasteiger partial charge in [-0.05, 0) is 38.1 Å². The molecule has 2 rings (SSSR count). The predicted molar refractivity (Wildman–Crippen MR) is 86.4 cm³/mol. The largest absolute Gasteiger partial charge is 0.497 e. The molecule has 22 heavy (non-hydrogen) atoms. The van der Waals surface area contributed by atoms with Crippen molar-refractivity contribution in [3.05, 3.63) is 24.3 Å². The monoisotopic (exact) mass is 324 g/mol. The van der Waals surface area contributed by atoms with Gasteiger partial charge in [-0.3, -0.25) is 9.59 Å². The lowest BCUT2D eigenvalue weighted by molar-refractivity contribution is -0.128. The van der Waals surface area contributed by atoms with Gasteiger partial charge in [-0.1, -0.05) is 0 Å². The van der Waals surface area contributed by atoms with Crippen molar-refractivity contribution >= 4 is 29.1 Å². The van der Waals surface area contributed by atoms with Crippen molar-refractivity contribution in [1.82, 2.24) is 5.32 Å². The van der Waals surface area contributed by atoms with Crippen LogP contribution in [0.25, 0.3) is 0 Å². The van der Waals surface area contributed by atoms with E-state index in [0.717, 1.165) is 11.4 Å². The number of methoxy groups -OCH3 is 1. The Labute approximate surface area is 135 Å². The van der Waals surface area contributed by atoms with Crippen LogP contribution >= 0.6 is 11.6 Å². The van der Waals surface area contributed by atoms with Crippen molar-refractivity contribution < 1.29 is 14.3 Å². The molecule has 1 heterocycles. The molecule has 1 fully saturated rings. The fourth-order valence-electron chi connectivity index (χ4n) is 2.26. The summed E-state index contributed by atoms with van der Waals surface area (Å²) < 4.78 is 5.11. The Kier molecular flexibility index (Phi) is 4.96. The third kappa shape index (κ3) is 3.53. The van der Waals surface area contributed by atoms with Gasteiger partial charge in [0.25, 0.3) is 0 Å². The van der Waals surface area contributed by atoms with Gasteiger partial charge < -0.3 is 15.0 Å². The van der Waals surface area contributed by atoms with E-state index in [-0.39, 0.29) is 23.7 Å². The Morgan fingerprint density at radius 3 is 2.59 bits per heavy atom. The highest BCUT2D eigenvalue weighted by atomic mass is 35.5. The Bertz CT molecular complexity index is 557. The quantitative estimate of drug-likeness (QED) is 0.845. The minimum atomic E-state index is -0.641. The highest BCUT2D eigenvalue weighted by Crippen LogP contribution is 2.25. The van der Waals surface area contributed by atoms with Crippen molar-refractivity contribution in [2.45, 2.75) is 26.3 Å². The number of anilines is 1. The van der Waals surface area contributed by atoms with E-state index in [1.54, 1.807) is 25.9 Å². The Morgan fingerprint density at radius 1 is 1.41 bits per heavy atom. The number of alkyl halides is 1. The highest BCUT2D eigenvalue weighted by Gasteiger charge is 2.35. The number of nitrogens with one attached hydrogen (secondary N) is 1. The summed E-state index contributed by atoms with van der Waals surface area (Å²) in [6, 6.07) is 7.10. The Balaban J connectivity index is 2.02. The van der Waals surface area contributed by atoms with Crippen LogP contribution in [0.15, 0.2) is 24.3 Å². The lowest BCUT2D eigenvalue weighted by Crippen LogP contribution is -2.44. The lowest BCUT2D eigenvalue weighted by atomic mass is 9.95. The Hall–Kier alpha value is -1.75. The van der Waals surface area contributed by atoms with Gasteiger partial charge in [0, 0.05) is 24.5 Å². The second kappa shape index (κ2) is 6.57. The van der Waals surface area contributed by atoms with Crippen LogP contribution in [-0.4, -0.2) is 37.4 Å². The van der Waals surface area contributed by atoms with Crippen LogP contribution in [-0.2, 0) is 9.59 Å². The minimum Gasteiger partial charge on any atom is -0.497 e. The van der Waals surface area contributed by atoms with Gasteiger partial charge >= 0.3 is 0 Å². The zero-order valence-corrected chi connectivity index (χ0v) is 13.8. The number of amides is 2. The number of halogens is 1. The number of ether oxygens (including phenoxy) is 1. The molecular formula is C16H21ClN2O3. The fraction of sp³-hybridized carbons (Fsp3) is 0.500. The normalized spacial score (nSPS) is 18.5. The van der Waals surface area contributed by atoms with Crippen molar-refractivity contribution in [2.24, 2.45) is 5.41 Å². The average Bonchev–Trinajstić information content (AvgIpc) is 2.87. The molecule has 0 unspecified atom stereocenters. The SMILES string of the molecule is COc1ccc(N2C[C@H](NC(=O)C(C)(C)CCl)CC2=O)cc1. The van der Waals surface area contributed by atoms with E-state index in [0.29, 0.717) is 13.0 Å². The number of carbonyl (C=O) groups is 2. The van der Waals surface area contributed by atoms with Gasteiger partial charge in [-0.2, -0.15) is 0 Å². The maximum atomic E-state index is 12.2. The molecule has 0 aliphatic carbocycles. The van der Waals surface area contributed by atoms with Crippen molar-refractivity contribution in [2.75, 3.05) is 24.4 Å². The van der Waals surface area contributed by atoms with Gasteiger partial charge in [0.15, 0.2) is 0 Å². The van der Waals surface area contributed by atoms with Crippen LogP contribution in [0.3, 0.4) is 0 Å². The Morgan fingerprint density at radius 2 is 2.05 bits per heavy atom. The first-order valence-electron chi connectivity index (χ1n) is 7.18. The number of rotatable bonds is 5. The number of benzene rings is 1. The number of hydrogen-bond donors (Lipinski definition) is 1. The van der Waals surface area contributed by atoms with Gasteiger partial charge in [-0.25, -0.2) is 0 Å². The molecule has 1 N–H and O–H groups in total. The molecule has 0 bridgehead atoms. The van der Waals surface area contributed by atoms with E-state index < -0.39 is 5.41 Å². The van der Waals surface area contributed by atoms with E-state index in [1.165, 1.54) is 0 Å². The molecule has 0 saturated carbocycles. The fourth-order valence-corrected chi connectivity index (χ4v) is 2.38. The maximum Gasteiger partial charge on any atom is 0.229 e. The minimum absolute atomic E-state index is 0.000790. The topological polar surface area (TPSA) is 58.6 Å². The smallest absolute Gasteiger partial charge is 0.229 e. The van der Waals surface area contributed by atoms with E-state index in [1.807, 2.05) is 24.3 Å². The molecule has 1 atom stereocenters. The molecular weight excluding hydrogens is 304 g/mol. The molecule has 6 heteroatoms. The maximum absolute atomic E-state index is 12.2. The van der Waals surface area contributed by atoms with E-state index in [4.69, 9.17) is 16.3 Å². The second-order valence-corrected chi connectivity index (χ2v) is 6.36. The molecule has 0 spiro atoms. The first-order valence-corrected chi connectivity index (χ1v) is 7.72. The first-order chi connectivity index (χ1) is 10.4. The second-order valence-electron chi connectivity index (χ2n) is 6.09. The van der Waals surface area contributed by atoms with Gasteiger partial charge in [0.05, 0.1) is 18.6 Å². The molecule has 0 radical (unpaired) electrons. The summed E-state index contributed by atoms with van der Waals surface area (Å²) in [5, 5.41) is 2.91. The summed E-state index contributed by atoms with van der Waals surface area (Å²) in [7, 11) is 1.60. The average molecular weight is 325 g/mol. The van der Waals surface area contributed by atoms with E-state index in [9.17, 15) is 9.59 Å². The molecule has 1 aliphatic rings. The molecule has 120 valence electrons. The molecule has 1 aromatic rings. The zero-order valence-electron chi connectivity index (χ0n) is 13.1. The van der Waals surface area contributed by atoms with Crippen LogP contribution in [0.4, 0.5) is 5.69 Å². The third-order valence-corrected chi connectivity index (χ3v) is 4.46. The number of hydrogen-bond acceptors (Lipinski definition) is 3. The van der Waals surface area contributed by atoms with Crippen LogP contribution in [0, 0.1) is 5.41 Å². The van der Waals surface area contributed by atoms with Gasteiger partial charge in [0.2, 0.25) is 11.8 Å². The van der Waals surface area contributed by atoms with Crippen LogP contribution in [0.2, 0.25) is 0 Å². The number of carbonyl (C=O) groups excluding carboxylic acids is 2. The van der Waals surface area contributed by atoms with Crippen LogP contribution in [0.1, 0.15) is 20.3 Å². The highest BCUT2D eigenvalue weighted by molar-refractivity contribution is 6.19. The summed E-state index contributed by atoms with van der Waals surface area (Å²) in [5.41, 5.74) is 0.164. The lowest BCUT2D eigenvalue weighted by Gasteiger charge is -2.23. The summed E-state index contributed by atoms with van der Waals surface area (Å²) in [4.78, 5) is 26.0. The summed E-state index contributed by atoms with van der Waals surface area (Å²) in [5.74, 6) is 0.849. The molecule has 2 amide bonds. The van der Waals surface area contributed by atoms with Crippen molar-refractivity contribution in [3.8, 4) is 5.75 Å². The predicted octanol–water partition coefficient (Wildman–Crippen LogP) is 2.18. The van der Waals surface area contributed by atoms with Gasteiger partial charge in [-0.15, -0.1) is 11.6 Å². The number of nitrogens with zero attached hydrogens (tertiary/aromatic N) is 1. The standard InChI is InChI=1S/C16H21ClN2O3/c1-16(2,10-17)15(21)18-11-8-14(20)19(9-11)12-4-6-13(22-3)7-5-12/h4-7,11H,8-10H2,1-3H3,(H,18,21)/t11-/m1/s1. The first kappa shape index (κ1) is 16.6. The molecule has 1 aliphatic heterocycles. The van der Waals surface area contributed by atoms with E-state index >= 15 is 0 Å². The van der Waals surface area contributed by atoms with Gasteiger partial charge in [0.1, 0.15) is 5.75 Å². The molecule has 1 aromatic carbocycles. The summed E-state index contributed by atoms with van der Waals surface area (Å²) in [6.45, 7) is 4.04. The van der Waals surface area contributed by atoms with Crippen LogP contribution in [0.5, 0.6) is 5.75 Å².